The molecule has 4 nitrogen and oxygen atoms in total. The van der Waals surface area contributed by atoms with Crippen LogP contribution in [0.25, 0.3) is 0 Å². The van der Waals surface area contributed by atoms with Crippen molar-refractivity contribution in [3.05, 3.63) is 65.2 Å². The molecule has 0 aliphatic carbocycles. The monoisotopic (exact) mass is 401 g/mol. The molecular weight excluding hydrogens is 385 g/mol. The van der Waals surface area contributed by atoms with Crippen LogP contribution < -0.4 is 10.1 Å². The molecule has 0 saturated heterocycles. The van der Waals surface area contributed by atoms with Crippen molar-refractivity contribution in [3.8, 4) is 5.75 Å². The van der Waals surface area contributed by atoms with Gasteiger partial charge in [0.2, 0.25) is 3.79 Å². The lowest BCUT2D eigenvalue weighted by atomic mass is 10.1. The molecule has 2 rings (SSSR count). The van der Waals surface area contributed by atoms with Gasteiger partial charge in [-0.05, 0) is 36.8 Å². The molecule has 1 amide bonds. The van der Waals surface area contributed by atoms with Crippen molar-refractivity contribution in [1.29, 1.82) is 0 Å². The number of aryl methyl sites for hydroxylation is 1. The van der Waals surface area contributed by atoms with Gasteiger partial charge in [-0.3, -0.25) is 4.79 Å². The number of ether oxygens (including phenoxy) is 2. The second kappa shape index (κ2) is 8.77. The van der Waals surface area contributed by atoms with Crippen molar-refractivity contribution >= 4 is 40.7 Å². The summed E-state index contributed by atoms with van der Waals surface area (Å²) in [6.45, 7) is 2.10. The Balaban J connectivity index is 2.03. The molecule has 2 aromatic rings. The Bertz CT molecular complexity index is 697. The molecular formula is C18H18Cl3NO3. The zero-order valence-corrected chi connectivity index (χ0v) is 16.0. The van der Waals surface area contributed by atoms with Crippen LogP contribution in [-0.4, -0.2) is 23.0 Å². The molecule has 0 heterocycles. The fourth-order valence-electron chi connectivity index (χ4n) is 2.03. The van der Waals surface area contributed by atoms with E-state index < -0.39 is 10.0 Å². The first-order chi connectivity index (χ1) is 11.8. The maximum absolute atomic E-state index is 12.3. The Morgan fingerprint density at radius 3 is 2.20 bits per heavy atom. The van der Waals surface area contributed by atoms with E-state index in [1.807, 2.05) is 31.2 Å². The van der Waals surface area contributed by atoms with Gasteiger partial charge in [0.05, 0.1) is 13.7 Å². The molecule has 0 aliphatic rings. The Labute approximate surface area is 162 Å². The molecule has 0 aromatic heterocycles. The summed E-state index contributed by atoms with van der Waals surface area (Å²) < 4.78 is 8.90. The highest BCUT2D eigenvalue weighted by Crippen LogP contribution is 2.31. The first-order valence-electron chi connectivity index (χ1n) is 7.48. The van der Waals surface area contributed by atoms with Gasteiger partial charge in [-0.15, -0.1) is 0 Å². The third-order valence-electron chi connectivity index (χ3n) is 3.45. The molecule has 2 aromatic carbocycles. The van der Waals surface area contributed by atoms with Crippen LogP contribution in [0.2, 0.25) is 0 Å². The number of rotatable bonds is 6. The van der Waals surface area contributed by atoms with Crippen molar-refractivity contribution in [3.63, 3.8) is 0 Å². The van der Waals surface area contributed by atoms with Crippen LogP contribution in [0.1, 0.15) is 21.5 Å². The van der Waals surface area contributed by atoms with Crippen LogP contribution in [0.4, 0.5) is 0 Å². The molecule has 134 valence electrons. The van der Waals surface area contributed by atoms with E-state index in [0.717, 1.165) is 16.9 Å². The normalized spacial score (nSPS) is 12.5. The summed E-state index contributed by atoms with van der Waals surface area (Å²) in [6.07, 6.45) is -1.10. The summed E-state index contributed by atoms with van der Waals surface area (Å²) in [6, 6.07) is 14.3. The number of carbonyl (C=O) groups is 1. The standard InChI is InChI=1S/C18H18Cl3NO3/c1-12-3-7-14(8-4-12)16(23)22-17(18(19,20)21)25-11-13-5-9-15(24-2)10-6-13/h3-10,17H,11H2,1-2H3,(H,22,23). The van der Waals surface area contributed by atoms with Gasteiger partial charge in [0, 0.05) is 5.56 Å². The number of carbonyl (C=O) groups excluding carboxylic acids is 1. The second-order valence-electron chi connectivity index (χ2n) is 5.42. The van der Waals surface area contributed by atoms with E-state index in [1.54, 1.807) is 31.4 Å². The van der Waals surface area contributed by atoms with Crippen LogP contribution in [-0.2, 0) is 11.3 Å². The highest BCUT2D eigenvalue weighted by Gasteiger charge is 2.35. The quantitative estimate of drug-likeness (QED) is 0.565. The molecule has 25 heavy (non-hydrogen) atoms. The SMILES string of the molecule is COc1ccc(COC(NC(=O)c2ccc(C)cc2)C(Cl)(Cl)Cl)cc1. The number of hydrogen-bond acceptors (Lipinski definition) is 3. The van der Waals surface area contributed by atoms with Gasteiger partial charge in [-0.1, -0.05) is 64.6 Å². The van der Waals surface area contributed by atoms with Crippen molar-refractivity contribution in [1.82, 2.24) is 5.32 Å². The summed E-state index contributed by atoms with van der Waals surface area (Å²) in [5.41, 5.74) is 2.35. The van der Waals surface area contributed by atoms with Gasteiger partial charge in [0.25, 0.3) is 5.91 Å². The Morgan fingerprint density at radius 1 is 1.08 bits per heavy atom. The Hall–Kier alpha value is -1.46. The van der Waals surface area contributed by atoms with Gasteiger partial charge in [0.1, 0.15) is 5.75 Å². The Kier molecular flexibility index (Phi) is 6.96. The summed E-state index contributed by atoms with van der Waals surface area (Å²) in [7, 11) is 1.59. The molecule has 7 heteroatoms. The molecule has 0 fully saturated rings. The first-order valence-corrected chi connectivity index (χ1v) is 8.62. The van der Waals surface area contributed by atoms with Gasteiger partial charge in [-0.25, -0.2) is 0 Å². The van der Waals surface area contributed by atoms with Gasteiger partial charge < -0.3 is 14.8 Å². The minimum absolute atomic E-state index is 0.163. The number of methoxy groups -OCH3 is 1. The lowest BCUT2D eigenvalue weighted by molar-refractivity contribution is 0.0198. The van der Waals surface area contributed by atoms with Crippen LogP contribution in [0.5, 0.6) is 5.75 Å². The van der Waals surface area contributed by atoms with Crippen molar-refractivity contribution in [2.24, 2.45) is 0 Å². The summed E-state index contributed by atoms with van der Waals surface area (Å²) in [4.78, 5) is 12.3. The smallest absolute Gasteiger partial charge is 0.253 e. The third kappa shape index (κ3) is 6.08. The highest BCUT2D eigenvalue weighted by molar-refractivity contribution is 6.68. The van der Waals surface area contributed by atoms with Crippen molar-refractivity contribution in [2.45, 2.75) is 23.6 Å². The number of benzene rings is 2. The van der Waals surface area contributed by atoms with Crippen molar-refractivity contribution in [2.75, 3.05) is 7.11 Å². The summed E-state index contributed by atoms with van der Waals surface area (Å²) in [5.74, 6) is 0.348. The number of halogens is 3. The second-order valence-corrected chi connectivity index (χ2v) is 7.79. The third-order valence-corrected chi connectivity index (χ3v) is 4.04. The van der Waals surface area contributed by atoms with E-state index in [2.05, 4.69) is 5.32 Å². The van der Waals surface area contributed by atoms with Crippen LogP contribution in [0.15, 0.2) is 48.5 Å². The summed E-state index contributed by atoms with van der Waals surface area (Å²) >= 11 is 17.8. The average Bonchev–Trinajstić information content (AvgIpc) is 2.58. The van der Waals surface area contributed by atoms with Crippen LogP contribution >= 0.6 is 34.8 Å². The predicted molar refractivity (Wildman–Crippen MR) is 101 cm³/mol. The maximum atomic E-state index is 12.3. The van der Waals surface area contributed by atoms with Gasteiger partial charge >= 0.3 is 0 Å². The van der Waals surface area contributed by atoms with E-state index >= 15 is 0 Å². The number of amides is 1. The molecule has 0 saturated carbocycles. The first kappa shape index (κ1) is 19.9. The Morgan fingerprint density at radius 2 is 1.68 bits per heavy atom. The molecule has 1 N–H and O–H groups in total. The number of alkyl halides is 3. The van der Waals surface area contributed by atoms with Crippen LogP contribution in [0, 0.1) is 6.92 Å². The molecule has 0 bridgehead atoms. The molecule has 0 spiro atoms. The minimum atomic E-state index is -1.81. The fourth-order valence-corrected chi connectivity index (χ4v) is 2.38. The number of nitrogens with one attached hydrogen (secondary N) is 1. The van der Waals surface area contributed by atoms with Crippen LogP contribution in [0.3, 0.4) is 0 Å². The van der Waals surface area contributed by atoms with E-state index in [9.17, 15) is 4.79 Å². The lowest BCUT2D eigenvalue weighted by Crippen LogP contribution is -2.45. The molecule has 1 atom stereocenters. The average molecular weight is 403 g/mol. The van der Waals surface area contributed by atoms with Gasteiger partial charge in [-0.2, -0.15) is 0 Å². The summed E-state index contributed by atoms with van der Waals surface area (Å²) in [5, 5.41) is 2.60. The predicted octanol–water partition coefficient (Wildman–Crippen LogP) is 4.65. The van der Waals surface area contributed by atoms with E-state index in [-0.39, 0.29) is 12.5 Å². The van der Waals surface area contributed by atoms with E-state index in [0.29, 0.717) is 5.56 Å². The maximum Gasteiger partial charge on any atom is 0.253 e. The molecule has 0 aliphatic heterocycles. The topological polar surface area (TPSA) is 47.6 Å². The van der Waals surface area contributed by atoms with Crippen molar-refractivity contribution < 1.29 is 14.3 Å². The van der Waals surface area contributed by atoms with Gasteiger partial charge in [0.15, 0.2) is 6.23 Å². The van der Waals surface area contributed by atoms with E-state index in [4.69, 9.17) is 44.3 Å². The zero-order chi connectivity index (χ0) is 18.4. The minimum Gasteiger partial charge on any atom is -0.497 e. The molecule has 1 unspecified atom stereocenters. The largest absolute Gasteiger partial charge is 0.497 e. The fraction of sp³-hybridized carbons (Fsp3) is 0.278. The molecule has 0 radical (unpaired) electrons. The van der Waals surface area contributed by atoms with E-state index in [1.165, 1.54) is 0 Å². The zero-order valence-electron chi connectivity index (χ0n) is 13.8. The lowest BCUT2D eigenvalue weighted by Gasteiger charge is -2.25. The highest BCUT2D eigenvalue weighted by atomic mass is 35.6. The number of hydrogen-bond donors (Lipinski definition) is 1.